The van der Waals surface area contributed by atoms with E-state index in [-0.39, 0.29) is 6.04 Å². The van der Waals surface area contributed by atoms with Gasteiger partial charge in [-0.05, 0) is 24.6 Å². The van der Waals surface area contributed by atoms with Gasteiger partial charge in [-0.2, -0.15) is 5.10 Å². The predicted octanol–water partition coefficient (Wildman–Crippen LogP) is 2.50. The van der Waals surface area contributed by atoms with Crippen molar-refractivity contribution in [2.45, 2.75) is 31.2 Å². The largest absolute Gasteiger partial charge is 0.363 e. The molecule has 3 aromatic rings. The number of hydrogen-bond donors (Lipinski definition) is 1. The number of rotatable bonds is 5. The molecule has 0 fully saturated rings. The van der Waals surface area contributed by atoms with Crippen LogP contribution in [-0.2, 0) is 23.3 Å². The molecule has 0 aliphatic heterocycles. The SMILES string of the molecule is CCc1nc(NC(C)c2ccc(S(C)(=O)=O)cc2)c2cnn(C)c2n1. The number of aryl methyl sites for hydroxylation is 2. The lowest BCUT2D eigenvalue weighted by atomic mass is 10.1. The Labute approximate surface area is 147 Å². The van der Waals surface area contributed by atoms with Gasteiger partial charge in [0.1, 0.15) is 11.6 Å². The molecular formula is C17H21N5O2S. The molecule has 7 nitrogen and oxygen atoms in total. The normalized spacial score (nSPS) is 13.1. The topological polar surface area (TPSA) is 89.8 Å². The van der Waals surface area contributed by atoms with E-state index < -0.39 is 9.84 Å². The Morgan fingerprint density at radius 1 is 1.20 bits per heavy atom. The van der Waals surface area contributed by atoms with Crippen LogP contribution >= 0.6 is 0 Å². The van der Waals surface area contributed by atoms with Crippen LogP contribution in [0.3, 0.4) is 0 Å². The Morgan fingerprint density at radius 2 is 1.88 bits per heavy atom. The molecule has 25 heavy (non-hydrogen) atoms. The van der Waals surface area contributed by atoms with Crippen LogP contribution in [0.5, 0.6) is 0 Å². The van der Waals surface area contributed by atoms with Crippen molar-refractivity contribution in [2.24, 2.45) is 7.05 Å². The predicted molar refractivity (Wildman–Crippen MR) is 97.3 cm³/mol. The summed E-state index contributed by atoms with van der Waals surface area (Å²) in [7, 11) is -1.34. The van der Waals surface area contributed by atoms with Crippen LogP contribution in [-0.4, -0.2) is 34.4 Å². The molecule has 0 spiro atoms. The van der Waals surface area contributed by atoms with E-state index in [0.717, 1.165) is 34.7 Å². The van der Waals surface area contributed by atoms with Gasteiger partial charge in [0.25, 0.3) is 0 Å². The lowest BCUT2D eigenvalue weighted by Crippen LogP contribution is -2.10. The summed E-state index contributed by atoms with van der Waals surface area (Å²) in [6, 6.07) is 6.84. The summed E-state index contributed by atoms with van der Waals surface area (Å²) in [6.07, 6.45) is 3.68. The van der Waals surface area contributed by atoms with Crippen molar-refractivity contribution in [3.63, 3.8) is 0 Å². The molecule has 1 unspecified atom stereocenters. The Bertz CT molecular complexity index is 1010. The zero-order chi connectivity index (χ0) is 18.2. The summed E-state index contributed by atoms with van der Waals surface area (Å²) < 4.78 is 24.9. The lowest BCUT2D eigenvalue weighted by molar-refractivity contribution is 0.602. The Kier molecular flexibility index (Phi) is 4.47. The van der Waals surface area contributed by atoms with Gasteiger partial charge < -0.3 is 5.32 Å². The monoisotopic (exact) mass is 359 g/mol. The van der Waals surface area contributed by atoms with Crippen LogP contribution in [0.1, 0.15) is 31.3 Å². The van der Waals surface area contributed by atoms with Crippen LogP contribution in [0.15, 0.2) is 35.4 Å². The van der Waals surface area contributed by atoms with Gasteiger partial charge in [0.2, 0.25) is 0 Å². The summed E-state index contributed by atoms with van der Waals surface area (Å²) in [6.45, 7) is 4.01. The lowest BCUT2D eigenvalue weighted by Gasteiger charge is -2.16. The molecule has 0 amide bonds. The molecule has 0 bridgehead atoms. The van der Waals surface area contributed by atoms with Crippen LogP contribution in [0.2, 0.25) is 0 Å². The van der Waals surface area contributed by atoms with E-state index in [0.29, 0.717) is 4.90 Å². The zero-order valence-electron chi connectivity index (χ0n) is 14.7. The quantitative estimate of drug-likeness (QED) is 0.753. The van der Waals surface area contributed by atoms with Gasteiger partial charge >= 0.3 is 0 Å². The maximum absolute atomic E-state index is 11.6. The fraction of sp³-hybridized carbons (Fsp3) is 0.353. The molecule has 0 aliphatic carbocycles. The van der Waals surface area contributed by atoms with Crippen LogP contribution in [0.4, 0.5) is 5.82 Å². The molecule has 0 saturated carbocycles. The number of sulfone groups is 1. The van der Waals surface area contributed by atoms with Gasteiger partial charge in [-0.3, -0.25) is 4.68 Å². The molecule has 2 aromatic heterocycles. The first-order valence-corrected chi connectivity index (χ1v) is 9.94. The molecule has 1 N–H and O–H groups in total. The third kappa shape index (κ3) is 3.48. The van der Waals surface area contributed by atoms with Crippen molar-refractivity contribution in [3.05, 3.63) is 41.9 Å². The van der Waals surface area contributed by atoms with E-state index >= 15 is 0 Å². The van der Waals surface area contributed by atoms with E-state index in [2.05, 4.69) is 20.4 Å². The molecule has 0 radical (unpaired) electrons. The smallest absolute Gasteiger partial charge is 0.175 e. The number of anilines is 1. The van der Waals surface area contributed by atoms with Crippen molar-refractivity contribution in [2.75, 3.05) is 11.6 Å². The van der Waals surface area contributed by atoms with Gasteiger partial charge in [-0.25, -0.2) is 18.4 Å². The van der Waals surface area contributed by atoms with Crippen molar-refractivity contribution in [1.29, 1.82) is 0 Å². The minimum Gasteiger partial charge on any atom is -0.363 e. The average Bonchev–Trinajstić information content (AvgIpc) is 2.95. The summed E-state index contributed by atoms with van der Waals surface area (Å²) in [5.74, 6) is 1.48. The number of nitrogens with one attached hydrogen (secondary N) is 1. The number of nitrogens with zero attached hydrogens (tertiary/aromatic N) is 4. The van der Waals surface area contributed by atoms with Gasteiger partial charge in [0, 0.05) is 25.8 Å². The summed E-state index contributed by atoms with van der Waals surface area (Å²) in [4.78, 5) is 9.41. The highest BCUT2D eigenvalue weighted by Crippen LogP contribution is 2.25. The zero-order valence-corrected chi connectivity index (χ0v) is 15.5. The second-order valence-electron chi connectivity index (χ2n) is 6.05. The molecule has 1 atom stereocenters. The fourth-order valence-corrected chi connectivity index (χ4v) is 3.26. The first kappa shape index (κ1) is 17.3. The van der Waals surface area contributed by atoms with Crippen LogP contribution in [0, 0.1) is 0 Å². The highest BCUT2D eigenvalue weighted by molar-refractivity contribution is 7.90. The minimum atomic E-state index is -3.19. The minimum absolute atomic E-state index is 0.0448. The summed E-state index contributed by atoms with van der Waals surface area (Å²) in [5.41, 5.74) is 1.76. The van der Waals surface area contributed by atoms with Gasteiger partial charge in [-0.15, -0.1) is 0 Å². The molecule has 8 heteroatoms. The third-order valence-corrected chi connectivity index (χ3v) is 5.24. The molecule has 1 aromatic carbocycles. The van der Waals surface area contributed by atoms with Crippen LogP contribution < -0.4 is 5.32 Å². The summed E-state index contributed by atoms with van der Waals surface area (Å²) in [5, 5.41) is 8.51. The first-order valence-electron chi connectivity index (χ1n) is 8.04. The standard InChI is InChI=1S/C17H21N5O2S/c1-5-15-20-16(14-10-18-22(3)17(14)21-15)19-11(2)12-6-8-13(9-7-12)25(4,23)24/h6-11H,5H2,1-4H3,(H,19,20,21). The second kappa shape index (κ2) is 6.44. The number of hydrogen-bond acceptors (Lipinski definition) is 6. The molecule has 132 valence electrons. The third-order valence-electron chi connectivity index (χ3n) is 4.12. The molecular weight excluding hydrogens is 338 g/mol. The number of fused-ring (bicyclic) bond motifs is 1. The average molecular weight is 359 g/mol. The highest BCUT2D eigenvalue weighted by Gasteiger charge is 2.14. The van der Waals surface area contributed by atoms with Crippen molar-refractivity contribution >= 4 is 26.7 Å². The van der Waals surface area contributed by atoms with Crippen molar-refractivity contribution in [1.82, 2.24) is 19.7 Å². The fourth-order valence-electron chi connectivity index (χ4n) is 2.63. The van der Waals surface area contributed by atoms with E-state index in [1.807, 2.05) is 33.0 Å². The number of benzene rings is 1. The number of aromatic nitrogens is 4. The first-order chi connectivity index (χ1) is 11.8. The van der Waals surface area contributed by atoms with Crippen LogP contribution in [0.25, 0.3) is 11.0 Å². The van der Waals surface area contributed by atoms with Crippen molar-refractivity contribution in [3.8, 4) is 0 Å². The Balaban J connectivity index is 1.93. The summed E-state index contributed by atoms with van der Waals surface area (Å²) >= 11 is 0. The Morgan fingerprint density at radius 3 is 2.48 bits per heavy atom. The maximum Gasteiger partial charge on any atom is 0.175 e. The maximum atomic E-state index is 11.6. The molecule has 0 saturated heterocycles. The van der Waals surface area contributed by atoms with Gasteiger partial charge in [0.05, 0.1) is 16.5 Å². The highest BCUT2D eigenvalue weighted by atomic mass is 32.2. The van der Waals surface area contributed by atoms with E-state index in [9.17, 15) is 8.42 Å². The van der Waals surface area contributed by atoms with E-state index in [1.54, 1.807) is 23.0 Å². The van der Waals surface area contributed by atoms with Gasteiger partial charge in [-0.1, -0.05) is 19.1 Å². The molecule has 0 aliphatic rings. The second-order valence-corrected chi connectivity index (χ2v) is 8.07. The Hall–Kier alpha value is -2.48. The van der Waals surface area contributed by atoms with Gasteiger partial charge in [0.15, 0.2) is 15.5 Å². The van der Waals surface area contributed by atoms with E-state index in [1.165, 1.54) is 6.26 Å². The van der Waals surface area contributed by atoms with Crippen molar-refractivity contribution < 1.29 is 8.42 Å². The molecule has 2 heterocycles. The van der Waals surface area contributed by atoms with E-state index in [4.69, 9.17) is 0 Å². The molecule has 3 rings (SSSR count).